The van der Waals surface area contributed by atoms with Gasteiger partial charge in [0.05, 0.1) is 6.42 Å². The van der Waals surface area contributed by atoms with Crippen LogP contribution in [0.1, 0.15) is 42.9 Å². The van der Waals surface area contributed by atoms with E-state index in [9.17, 15) is 4.79 Å². The molecule has 0 spiro atoms. The lowest BCUT2D eigenvalue weighted by Gasteiger charge is -2.30. The van der Waals surface area contributed by atoms with Gasteiger partial charge >= 0.3 is 0 Å². The molecule has 1 aliphatic heterocycles. The van der Waals surface area contributed by atoms with Crippen molar-refractivity contribution in [2.45, 2.75) is 46.5 Å². The van der Waals surface area contributed by atoms with Gasteiger partial charge in [-0.05, 0) is 63.2 Å². The fraction of sp³-hybridized carbons (Fsp3) is 0.632. The number of aryl methyl sites for hydroxylation is 2. The maximum atomic E-state index is 12.0. The van der Waals surface area contributed by atoms with Crippen molar-refractivity contribution in [3.05, 3.63) is 34.9 Å². The molecule has 0 aromatic heterocycles. The predicted molar refractivity (Wildman–Crippen MR) is 92.1 cm³/mol. The summed E-state index contributed by atoms with van der Waals surface area (Å²) < 4.78 is 0. The summed E-state index contributed by atoms with van der Waals surface area (Å²) in [4.78, 5) is 14.6. The van der Waals surface area contributed by atoms with Gasteiger partial charge in [-0.25, -0.2) is 0 Å². The van der Waals surface area contributed by atoms with Crippen LogP contribution in [0.3, 0.4) is 0 Å². The lowest BCUT2D eigenvalue weighted by atomic mass is 10.0. The highest BCUT2D eigenvalue weighted by Crippen LogP contribution is 2.15. The molecule has 1 aromatic carbocycles. The van der Waals surface area contributed by atoms with Gasteiger partial charge in [0.25, 0.3) is 0 Å². The lowest BCUT2D eigenvalue weighted by molar-refractivity contribution is -0.120. The van der Waals surface area contributed by atoms with Gasteiger partial charge in [-0.15, -0.1) is 0 Å². The summed E-state index contributed by atoms with van der Waals surface area (Å²) in [6.07, 6.45) is 4.22. The SMILES string of the molecule is Cc1ccc(CC(=O)NCCCN2CCCC(C)C2)c(C)c1. The van der Waals surface area contributed by atoms with Gasteiger partial charge in [-0.2, -0.15) is 0 Å². The molecule has 1 saturated heterocycles. The number of likely N-dealkylation sites (tertiary alicyclic amines) is 1. The predicted octanol–water partition coefficient (Wildman–Crippen LogP) is 3.08. The summed E-state index contributed by atoms with van der Waals surface area (Å²) in [7, 11) is 0. The monoisotopic (exact) mass is 302 g/mol. The van der Waals surface area contributed by atoms with E-state index < -0.39 is 0 Å². The average Bonchev–Trinajstić information content (AvgIpc) is 2.47. The normalized spacial score (nSPS) is 19.1. The Morgan fingerprint density at radius 3 is 2.91 bits per heavy atom. The molecule has 1 N–H and O–H groups in total. The first-order valence-corrected chi connectivity index (χ1v) is 8.60. The molecule has 0 saturated carbocycles. The van der Waals surface area contributed by atoms with Gasteiger partial charge in [0.1, 0.15) is 0 Å². The van der Waals surface area contributed by atoms with Crippen LogP contribution in [0, 0.1) is 19.8 Å². The molecule has 1 aliphatic rings. The Labute approximate surface area is 135 Å². The van der Waals surface area contributed by atoms with Crippen LogP contribution in [-0.2, 0) is 11.2 Å². The van der Waals surface area contributed by atoms with Gasteiger partial charge in [0.15, 0.2) is 0 Å². The number of hydrogen-bond donors (Lipinski definition) is 1. The fourth-order valence-electron chi connectivity index (χ4n) is 3.30. The highest BCUT2D eigenvalue weighted by atomic mass is 16.1. The highest BCUT2D eigenvalue weighted by molar-refractivity contribution is 5.78. The minimum atomic E-state index is 0.138. The largest absolute Gasteiger partial charge is 0.356 e. The Balaban J connectivity index is 1.65. The number of carbonyl (C=O) groups is 1. The Morgan fingerprint density at radius 1 is 1.36 bits per heavy atom. The molecule has 122 valence electrons. The zero-order valence-electron chi connectivity index (χ0n) is 14.3. The van der Waals surface area contributed by atoms with Gasteiger partial charge in [-0.1, -0.05) is 30.7 Å². The summed E-state index contributed by atoms with van der Waals surface area (Å²) in [5, 5.41) is 3.06. The molecule has 1 fully saturated rings. The number of nitrogens with zero attached hydrogens (tertiary/aromatic N) is 1. The van der Waals surface area contributed by atoms with E-state index in [4.69, 9.17) is 0 Å². The maximum absolute atomic E-state index is 12.0. The van der Waals surface area contributed by atoms with Crippen LogP contribution in [0.15, 0.2) is 18.2 Å². The first-order valence-electron chi connectivity index (χ1n) is 8.60. The van der Waals surface area contributed by atoms with E-state index in [1.54, 1.807) is 0 Å². The van der Waals surface area contributed by atoms with E-state index in [1.165, 1.54) is 37.1 Å². The standard InChI is InChI=1S/C19H30N2O/c1-15-7-8-18(17(3)12-15)13-19(22)20-9-5-11-21-10-4-6-16(2)14-21/h7-8,12,16H,4-6,9-11,13-14H2,1-3H3,(H,20,22). The van der Waals surface area contributed by atoms with Crippen molar-refractivity contribution in [2.75, 3.05) is 26.2 Å². The number of benzene rings is 1. The minimum Gasteiger partial charge on any atom is -0.356 e. The third-order valence-corrected chi connectivity index (χ3v) is 4.56. The Bertz CT molecular complexity index is 498. The quantitative estimate of drug-likeness (QED) is 0.819. The van der Waals surface area contributed by atoms with Gasteiger partial charge in [0, 0.05) is 13.1 Å². The first kappa shape index (κ1) is 17.0. The number of nitrogens with one attached hydrogen (secondary N) is 1. The summed E-state index contributed by atoms with van der Waals surface area (Å²) in [5.74, 6) is 0.965. The van der Waals surface area contributed by atoms with Crippen LogP contribution < -0.4 is 5.32 Å². The minimum absolute atomic E-state index is 0.138. The van der Waals surface area contributed by atoms with Crippen LogP contribution in [0.4, 0.5) is 0 Å². The van der Waals surface area contributed by atoms with E-state index >= 15 is 0 Å². The first-order chi connectivity index (χ1) is 10.5. The van der Waals surface area contributed by atoms with Gasteiger partial charge in [0.2, 0.25) is 5.91 Å². The van der Waals surface area contributed by atoms with Crippen molar-refractivity contribution in [2.24, 2.45) is 5.92 Å². The smallest absolute Gasteiger partial charge is 0.224 e. The summed E-state index contributed by atoms with van der Waals surface area (Å²) in [6.45, 7) is 10.8. The van der Waals surface area contributed by atoms with Crippen LogP contribution in [0.2, 0.25) is 0 Å². The molecule has 1 atom stereocenters. The molecule has 1 aromatic rings. The van der Waals surface area contributed by atoms with Crippen molar-refractivity contribution in [1.82, 2.24) is 10.2 Å². The third-order valence-electron chi connectivity index (χ3n) is 4.56. The second kappa shape index (κ2) is 8.33. The summed E-state index contributed by atoms with van der Waals surface area (Å²) >= 11 is 0. The van der Waals surface area contributed by atoms with Crippen LogP contribution in [0.25, 0.3) is 0 Å². The van der Waals surface area contributed by atoms with Crippen molar-refractivity contribution in [3.8, 4) is 0 Å². The van der Waals surface area contributed by atoms with Crippen LogP contribution in [0.5, 0.6) is 0 Å². The number of piperidine rings is 1. The number of rotatable bonds is 6. The molecule has 1 heterocycles. The average molecular weight is 302 g/mol. The molecule has 3 heteroatoms. The highest BCUT2D eigenvalue weighted by Gasteiger charge is 2.15. The van der Waals surface area contributed by atoms with Gasteiger partial charge in [-0.3, -0.25) is 4.79 Å². The molecule has 1 unspecified atom stereocenters. The molecule has 0 radical (unpaired) electrons. The Kier molecular flexibility index (Phi) is 6.44. The second-order valence-corrected chi connectivity index (χ2v) is 6.86. The Morgan fingerprint density at radius 2 is 2.18 bits per heavy atom. The zero-order chi connectivity index (χ0) is 15.9. The van der Waals surface area contributed by atoms with E-state index in [2.05, 4.69) is 49.2 Å². The number of carbonyl (C=O) groups excluding carboxylic acids is 1. The van der Waals surface area contributed by atoms with Crippen molar-refractivity contribution >= 4 is 5.91 Å². The van der Waals surface area contributed by atoms with E-state index in [0.29, 0.717) is 6.42 Å². The fourth-order valence-corrected chi connectivity index (χ4v) is 3.30. The molecule has 22 heavy (non-hydrogen) atoms. The molecule has 1 amide bonds. The van der Waals surface area contributed by atoms with E-state index in [1.807, 2.05) is 0 Å². The molecule has 0 bridgehead atoms. The summed E-state index contributed by atoms with van der Waals surface area (Å²) in [5.41, 5.74) is 3.59. The van der Waals surface area contributed by atoms with Crippen molar-refractivity contribution in [3.63, 3.8) is 0 Å². The molecule has 0 aliphatic carbocycles. The number of amides is 1. The number of hydrogen-bond acceptors (Lipinski definition) is 2. The summed E-state index contributed by atoms with van der Waals surface area (Å²) in [6, 6.07) is 6.28. The maximum Gasteiger partial charge on any atom is 0.224 e. The van der Waals surface area contributed by atoms with Crippen LogP contribution in [-0.4, -0.2) is 37.0 Å². The third kappa shape index (κ3) is 5.45. The van der Waals surface area contributed by atoms with E-state index in [-0.39, 0.29) is 5.91 Å². The Hall–Kier alpha value is -1.35. The molecule has 3 nitrogen and oxygen atoms in total. The van der Waals surface area contributed by atoms with Crippen molar-refractivity contribution in [1.29, 1.82) is 0 Å². The molecular formula is C19H30N2O. The van der Waals surface area contributed by atoms with E-state index in [0.717, 1.165) is 31.0 Å². The molecular weight excluding hydrogens is 272 g/mol. The lowest BCUT2D eigenvalue weighted by Crippen LogP contribution is -2.36. The zero-order valence-corrected chi connectivity index (χ0v) is 14.3. The topological polar surface area (TPSA) is 32.3 Å². The van der Waals surface area contributed by atoms with Crippen molar-refractivity contribution < 1.29 is 4.79 Å². The van der Waals surface area contributed by atoms with Crippen LogP contribution >= 0.6 is 0 Å². The second-order valence-electron chi connectivity index (χ2n) is 6.86. The molecule has 2 rings (SSSR count). The van der Waals surface area contributed by atoms with Gasteiger partial charge < -0.3 is 10.2 Å².